The zero-order valence-corrected chi connectivity index (χ0v) is 5.08. The normalized spacial score (nSPS) is 39.1. The van der Waals surface area contributed by atoms with Gasteiger partial charge in [-0.05, 0) is 6.42 Å². The molecule has 1 saturated heterocycles. The lowest BCUT2D eigenvalue weighted by Crippen LogP contribution is -2.11. The van der Waals surface area contributed by atoms with Crippen molar-refractivity contribution in [2.75, 3.05) is 0 Å². The highest BCUT2D eigenvalue weighted by Gasteiger charge is 2.25. The molecular weight excluding hydrogens is 112 g/mol. The zero-order chi connectivity index (χ0) is 6.10. The van der Waals surface area contributed by atoms with Crippen molar-refractivity contribution in [1.82, 2.24) is 0 Å². The molecule has 0 N–H and O–H groups in total. The minimum Gasteiger partial charge on any atom is -0.361 e. The van der Waals surface area contributed by atoms with E-state index in [1.807, 2.05) is 6.08 Å². The van der Waals surface area contributed by atoms with Crippen LogP contribution in [-0.4, -0.2) is 6.10 Å². The van der Waals surface area contributed by atoms with E-state index in [-0.39, 0.29) is 6.10 Å². The second-order valence-corrected chi connectivity index (χ2v) is 2.36. The number of fused-ring (bicyclic) bond motifs is 1. The van der Waals surface area contributed by atoms with E-state index < -0.39 is 0 Å². The lowest BCUT2D eigenvalue weighted by atomic mass is 9.97. The van der Waals surface area contributed by atoms with Crippen LogP contribution in [-0.2, 0) is 4.74 Å². The van der Waals surface area contributed by atoms with Crippen LogP contribution in [0.15, 0.2) is 24.3 Å². The van der Waals surface area contributed by atoms with Gasteiger partial charge in [0.15, 0.2) is 0 Å². The van der Waals surface area contributed by atoms with Crippen LogP contribution in [0.2, 0.25) is 0 Å². The summed E-state index contributed by atoms with van der Waals surface area (Å²) in [6.07, 6.45) is 9.57. The molecule has 1 fully saturated rings. The Kier molecular flexibility index (Phi) is 1.16. The van der Waals surface area contributed by atoms with Gasteiger partial charge < -0.3 is 4.74 Å². The molecule has 0 saturated carbocycles. The minimum atomic E-state index is 0.287. The van der Waals surface area contributed by atoms with Gasteiger partial charge in [-0.1, -0.05) is 24.3 Å². The molecule has 0 spiro atoms. The molecule has 2 unspecified atom stereocenters. The van der Waals surface area contributed by atoms with Crippen LogP contribution in [0.3, 0.4) is 0 Å². The molecule has 0 bridgehead atoms. The van der Waals surface area contributed by atoms with Crippen LogP contribution in [0, 0.1) is 12.5 Å². The third-order valence-corrected chi connectivity index (χ3v) is 1.73. The number of ether oxygens (including phenoxy) is 1. The standard InChI is InChI=1S/C8H8O/c1-2-4-8-7(3-1)5-6-9-8/h1-4,7-8H,5H2. The minimum absolute atomic E-state index is 0.287. The topological polar surface area (TPSA) is 9.23 Å². The molecule has 0 aromatic heterocycles. The van der Waals surface area contributed by atoms with E-state index in [9.17, 15) is 0 Å². The van der Waals surface area contributed by atoms with E-state index in [1.54, 1.807) is 0 Å². The van der Waals surface area contributed by atoms with Crippen molar-refractivity contribution >= 4 is 0 Å². The van der Waals surface area contributed by atoms with Crippen LogP contribution in [0.1, 0.15) is 6.42 Å². The van der Waals surface area contributed by atoms with Crippen LogP contribution >= 0.6 is 0 Å². The maximum atomic E-state index is 5.17. The van der Waals surface area contributed by atoms with Gasteiger partial charge in [-0.15, -0.1) is 0 Å². The monoisotopic (exact) mass is 120 g/mol. The molecule has 2 aliphatic rings. The van der Waals surface area contributed by atoms with Gasteiger partial charge in [0.2, 0.25) is 0 Å². The summed E-state index contributed by atoms with van der Waals surface area (Å²) in [6, 6.07) is 0. The van der Waals surface area contributed by atoms with Crippen molar-refractivity contribution in [3.05, 3.63) is 30.9 Å². The average molecular weight is 120 g/mol. The molecule has 0 amide bonds. The molecule has 1 heterocycles. The summed E-state index contributed by atoms with van der Waals surface area (Å²) in [4.78, 5) is 0. The van der Waals surface area contributed by atoms with E-state index in [0.29, 0.717) is 5.92 Å². The molecule has 2 rings (SSSR count). The van der Waals surface area contributed by atoms with E-state index in [1.165, 1.54) is 0 Å². The van der Waals surface area contributed by atoms with Gasteiger partial charge in [0.25, 0.3) is 0 Å². The van der Waals surface area contributed by atoms with Gasteiger partial charge in [0, 0.05) is 5.92 Å². The predicted molar refractivity (Wildman–Crippen MR) is 34.5 cm³/mol. The largest absolute Gasteiger partial charge is 0.361 e. The van der Waals surface area contributed by atoms with E-state index >= 15 is 0 Å². The quantitative estimate of drug-likeness (QED) is 0.471. The van der Waals surface area contributed by atoms with E-state index in [4.69, 9.17) is 4.74 Å². The first-order valence-corrected chi connectivity index (χ1v) is 3.20. The Morgan fingerprint density at radius 1 is 1.33 bits per heavy atom. The first-order valence-electron chi connectivity index (χ1n) is 3.20. The first-order chi connectivity index (χ1) is 4.47. The highest BCUT2D eigenvalue weighted by Crippen LogP contribution is 2.27. The van der Waals surface area contributed by atoms with Crippen LogP contribution < -0.4 is 0 Å². The zero-order valence-electron chi connectivity index (χ0n) is 5.08. The molecule has 2 atom stereocenters. The van der Waals surface area contributed by atoms with Crippen molar-refractivity contribution in [3.8, 4) is 0 Å². The fourth-order valence-corrected chi connectivity index (χ4v) is 1.18. The maximum absolute atomic E-state index is 5.17. The van der Waals surface area contributed by atoms with Crippen molar-refractivity contribution in [1.29, 1.82) is 0 Å². The van der Waals surface area contributed by atoms with Gasteiger partial charge in [0.1, 0.15) is 6.61 Å². The number of hydrogen-bond donors (Lipinski definition) is 0. The Morgan fingerprint density at radius 3 is 3.11 bits per heavy atom. The Bertz CT molecular complexity index is 140. The third kappa shape index (κ3) is 0.815. The summed E-state index contributed by atoms with van der Waals surface area (Å²) in [6.45, 7) is 2.86. The Balaban J connectivity index is 2.18. The Hall–Kier alpha value is -0.560. The van der Waals surface area contributed by atoms with Gasteiger partial charge in [-0.25, -0.2) is 0 Å². The molecule has 46 valence electrons. The lowest BCUT2D eigenvalue weighted by Gasteiger charge is -2.11. The van der Waals surface area contributed by atoms with Gasteiger partial charge in [-0.2, -0.15) is 0 Å². The molecule has 2 radical (unpaired) electrons. The average Bonchev–Trinajstić information content (AvgIpc) is 2.33. The second-order valence-electron chi connectivity index (χ2n) is 2.36. The van der Waals surface area contributed by atoms with E-state index in [2.05, 4.69) is 24.8 Å². The molecule has 9 heavy (non-hydrogen) atoms. The van der Waals surface area contributed by atoms with Crippen molar-refractivity contribution in [2.24, 2.45) is 5.92 Å². The summed E-state index contributed by atoms with van der Waals surface area (Å²) < 4.78 is 5.17. The van der Waals surface area contributed by atoms with Gasteiger partial charge in [0.05, 0.1) is 6.10 Å². The highest BCUT2D eigenvalue weighted by molar-refractivity contribution is 5.17. The smallest absolute Gasteiger partial charge is 0.133 e. The van der Waals surface area contributed by atoms with Crippen molar-refractivity contribution in [2.45, 2.75) is 12.5 Å². The number of allylic oxidation sites excluding steroid dienone is 2. The van der Waals surface area contributed by atoms with Crippen LogP contribution in [0.5, 0.6) is 0 Å². The molecule has 0 aromatic rings. The summed E-state index contributed by atoms with van der Waals surface area (Å²) in [5.41, 5.74) is 0. The van der Waals surface area contributed by atoms with Crippen LogP contribution in [0.25, 0.3) is 0 Å². The summed E-state index contributed by atoms with van der Waals surface area (Å²) in [7, 11) is 0. The van der Waals surface area contributed by atoms with Crippen LogP contribution in [0.4, 0.5) is 0 Å². The summed E-state index contributed by atoms with van der Waals surface area (Å²) in [5.74, 6) is 0.565. The number of hydrogen-bond acceptors (Lipinski definition) is 1. The molecule has 0 aromatic carbocycles. The third-order valence-electron chi connectivity index (χ3n) is 1.73. The number of rotatable bonds is 0. The first kappa shape index (κ1) is 5.24. The van der Waals surface area contributed by atoms with Crippen molar-refractivity contribution < 1.29 is 4.74 Å². The molecule has 1 aliphatic carbocycles. The molecular formula is C8H8O. The fourth-order valence-electron chi connectivity index (χ4n) is 1.18. The predicted octanol–water partition coefficient (Wildman–Crippen LogP) is 1.56. The molecule has 1 heteroatoms. The van der Waals surface area contributed by atoms with Crippen molar-refractivity contribution in [3.63, 3.8) is 0 Å². The fraction of sp³-hybridized carbons (Fsp3) is 0.375. The maximum Gasteiger partial charge on any atom is 0.133 e. The Labute approximate surface area is 55.0 Å². The lowest BCUT2D eigenvalue weighted by molar-refractivity contribution is 0.177. The summed E-state index contributed by atoms with van der Waals surface area (Å²) >= 11 is 0. The Morgan fingerprint density at radius 2 is 2.22 bits per heavy atom. The van der Waals surface area contributed by atoms with Gasteiger partial charge >= 0.3 is 0 Å². The second kappa shape index (κ2) is 1.99. The highest BCUT2D eigenvalue weighted by atomic mass is 16.5. The summed E-state index contributed by atoms with van der Waals surface area (Å²) in [5, 5.41) is 0. The molecule has 1 aliphatic heterocycles. The van der Waals surface area contributed by atoms with E-state index in [0.717, 1.165) is 6.42 Å². The molecule has 1 nitrogen and oxygen atoms in total. The SMILES string of the molecule is [C]1CC2C=CC=CC2O1. The van der Waals surface area contributed by atoms with Gasteiger partial charge in [-0.3, -0.25) is 0 Å².